The van der Waals surface area contributed by atoms with Gasteiger partial charge >= 0.3 is 0 Å². The summed E-state index contributed by atoms with van der Waals surface area (Å²) >= 11 is 0. The zero-order chi connectivity index (χ0) is 19.3. The summed E-state index contributed by atoms with van der Waals surface area (Å²) in [5, 5.41) is 0. The summed E-state index contributed by atoms with van der Waals surface area (Å²) in [6, 6.07) is 12.2. The Labute approximate surface area is 164 Å². The smallest absolute Gasteiger partial charge is 0.272 e. The monoisotopic (exact) mass is 380 g/mol. The lowest BCUT2D eigenvalue weighted by atomic mass is 10.2. The molecule has 2 saturated heterocycles. The highest BCUT2D eigenvalue weighted by Gasteiger charge is 2.24. The topological polar surface area (TPSA) is 72.9 Å². The molecular weight excluding hydrogens is 356 g/mol. The van der Waals surface area contributed by atoms with Crippen LogP contribution in [0.5, 0.6) is 0 Å². The van der Waals surface area contributed by atoms with Crippen molar-refractivity contribution in [1.82, 2.24) is 19.8 Å². The van der Waals surface area contributed by atoms with Gasteiger partial charge in [-0.25, -0.2) is 9.97 Å². The standard InChI is InChI=1S/C20H24N6O2/c27-16-23-6-8-26(9-7-23)20(28)18-14-19(22-15-21-18)25-12-10-24(11-13-25)17-4-2-1-3-5-17/h1-5,14-16H,6-13H2. The number of benzene rings is 1. The van der Waals surface area contributed by atoms with Crippen LogP contribution in [-0.4, -0.2) is 84.4 Å². The van der Waals surface area contributed by atoms with E-state index in [4.69, 9.17) is 0 Å². The van der Waals surface area contributed by atoms with Crippen LogP contribution in [0.2, 0.25) is 0 Å². The first-order valence-electron chi connectivity index (χ1n) is 9.60. The predicted octanol–water partition coefficient (Wildman–Crippen LogP) is 0.717. The van der Waals surface area contributed by atoms with Crippen molar-refractivity contribution in [2.75, 3.05) is 62.2 Å². The third kappa shape index (κ3) is 3.90. The molecule has 28 heavy (non-hydrogen) atoms. The molecule has 0 radical (unpaired) electrons. The van der Waals surface area contributed by atoms with Crippen LogP contribution in [-0.2, 0) is 4.79 Å². The fourth-order valence-corrected chi connectivity index (χ4v) is 3.66. The lowest BCUT2D eigenvalue weighted by Crippen LogP contribution is -2.48. The number of nitrogens with zero attached hydrogens (tertiary/aromatic N) is 6. The lowest BCUT2D eigenvalue weighted by Gasteiger charge is -2.37. The van der Waals surface area contributed by atoms with Gasteiger partial charge in [0.25, 0.3) is 5.91 Å². The van der Waals surface area contributed by atoms with Crippen LogP contribution in [0.1, 0.15) is 10.5 Å². The van der Waals surface area contributed by atoms with E-state index in [1.54, 1.807) is 15.9 Å². The van der Waals surface area contributed by atoms with E-state index in [9.17, 15) is 9.59 Å². The number of hydrogen-bond donors (Lipinski definition) is 0. The third-order valence-corrected chi connectivity index (χ3v) is 5.35. The molecule has 8 heteroatoms. The second-order valence-corrected chi connectivity index (χ2v) is 7.00. The zero-order valence-electron chi connectivity index (χ0n) is 15.8. The summed E-state index contributed by atoms with van der Waals surface area (Å²) in [7, 11) is 0. The van der Waals surface area contributed by atoms with Crippen LogP contribution in [0.4, 0.5) is 11.5 Å². The summed E-state index contributed by atoms with van der Waals surface area (Å²) < 4.78 is 0. The average molecular weight is 380 g/mol. The van der Waals surface area contributed by atoms with Crippen molar-refractivity contribution >= 4 is 23.8 Å². The van der Waals surface area contributed by atoms with Gasteiger partial charge in [-0.05, 0) is 12.1 Å². The minimum Gasteiger partial charge on any atom is -0.368 e. The van der Waals surface area contributed by atoms with Crippen LogP contribution in [0.3, 0.4) is 0 Å². The Morgan fingerprint density at radius 2 is 1.54 bits per heavy atom. The minimum absolute atomic E-state index is 0.0999. The number of hydrogen-bond acceptors (Lipinski definition) is 6. The molecule has 1 aromatic carbocycles. The van der Waals surface area contributed by atoms with Crippen molar-refractivity contribution in [3.8, 4) is 0 Å². The van der Waals surface area contributed by atoms with Crippen LogP contribution in [0, 0.1) is 0 Å². The molecule has 2 aliphatic heterocycles. The summed E-state index contributed by atoms with van der Waals surface area (Å²) in [6.45, 7) is 5.70. The van der Waals surface area contributed by atoms with E-state index in [0.717, 1.165) is 38.4 Å². The van der Waals surface area contributed by atoms with Gasteiger partial charge in [0.2, 0.25) is 6.41 Å². The first kappa shape index (κ1) is 18.2. The molecule has 2 fully saturated rings. The molecule has 0 spiro atoms. The van der Waals surface area contributed by atoms with Crippen LogP contribution >= 0.6 is 0 Å². The summed E-state index contributed by atoms with van der Waals surface area (Å²) in [4.78, 5) is 40.2. The second kappa shape index (κ2) is 8.24. The molecule has 4 rings (SSSR count). The van der Waals surface area contributed by atoms with E-state index >= 15 is 0 Å². The Bertz CT molecular complexity index is 814. The van der Waals surface area contributed by atoms with Gasteiger partial charge in [0, 0.05) is 64.1 Å². The number of carbonyl (C=O) groups excluding carboxylic acids is 2. The van der Waals surface area contributed by atoms with Gasteiger partial charge in [-0.1, -0.05) is 18.2 Å². The van der Waals surface area contributed by atoms with Gasteiger partial charge in [0.1, 0.15) is 17.8 Å². The van der Waals surface area contributed by atoms with Gasteiger partial charge in [-0.3, -0.25) is 9.59 Å². The molecule has 8 nitrogen and oxygen atoms in total. The van der Waals surface area contributed by atoms with Crippen molar-refractivity contribution in [1.29, 1.82) is 0 Å². The molecule has 0 saturated carbocycles. The molecular formula is C20H24N6O2. The second-order valence-electron chi connectivity index (χ2n) is 7.00. The van der Waals surface area contributed by atoms with Crippen molar-refractivity contribution in [2.45, 2.75) is 0 Å². The summed E-state index contributed by atoms with van der Waals surface area (Å²) in [6.07, 6.45) is 2.30. The molecule has 0 atom stereocenters. The van der Waals surface area contributed by atoms with Gasteiger partial charge < -0.3 is 19.6 Å². The third-order valence-electron chi connectivity index (χ3n) is 5.35. The molecule has 1 aromatic heterocycles. The number of aromatic nitrogens is 2. The minimum atomic E-state index is -0.0999. The Morgan fingerprint density at radius 1 is 0.857 bits per heavy atom. The van der Waals surface area contributed by atoms with Crippen molar-refractivity contribution in [3.05, 3.63) is 48.4 Å². The number of anilines is 2. The Morgan fingerprint density at radius 3 is 2.21 bits per heavy atom. The van der Waals surface area contributed by atoms with Crippen LogP contribution < -0.4 is 9.80 Å². The molecule has 0 unspecified atom stereocenters. The van der Waals surface area contributed by atoms with Crippen LogP contribution in [0.15, 0.2) is 42.7 Å². The van der Waals surface area contributed by atoms with Crippen molar-refractivity contribution < 1.29 is 9.59 Å². The predicted molar refractivity (Wildman–Crippen MR) is 106 cm³/mol. The molecule has 0 aliphatic carbocycles. The van der Waals surface area contributed by atoms with E-state index in [0.29, 0.717) is 31.9 Å². The Hall–Kier alpha value is -3.16. The summed E-state index contributed by atoms with van der Waals surface area (Å²) in [5.74, 6) is 0.690. The van der Waals surface area contributed by atoms with Crippen molar-refractivity contribution in [3.63, 3.8) is 0 Å². The first-order chi connectivity index (χ1) is 13.7. The molecule has 0 N–H and O–H groups in total. The average Bonchev–Trinajstić information content (AvgIpc) is 2.79. The quantitative estimate of drug-likeness (QED) is 0.728. The Kier molecular flexibility index (Phi) is 5.36. The summed E-state index contributed by atoms with van der Waals surface area (Å²) in [5.41, 5.74) is 1.64. The Balaban J connectivity index is 1.39. The number of amides is 2. The molecule has 2 aromatic rings. The highest BCUT2D eigenvalue weighted by atomic mass is 16.2. The fraction of sp³-hybridized carbons (Fsp3) is 0.400. The largest absolute Gasteiger partial charge is 0.368 e. The maximum absolute atomic E-state index is 12.8. The highest BCUT2D eigenvalue weighted by Crippen LogP contribution is 2.19. The lowest BCUT2D eigenvalue weighted by molar-refractivity contribution is -0.119. The van der Waals surface area contributed by atoms with Gasteiger partial charge in [-0.2, -0.15) is 0 Å². The number of rotatable bonds is 4. The van der Waals surface area contributed by atoms with E-state index in [1.807, 2.05) is 6.07 Å². The zero-order valence-corrected chi connectivity index (χ0v) is 15.8. The molecule has 0 bridgehead atoms. The number of para-hydroxylation sites is 1. The SMILES string of the molecule is O=CN1CCN(C(=O)c2cc(N3CCN(c4ccccc4)CC3)ncn2)CC1. The molecule has 3 heterocycles. The number of piperazine rings is 2. The maximum Gasteiger partial charge on any atom is 0.272 e. The molecule has 146 valence electrons. The van der Waals surface area contributed by atoms with Crippen LogP contribution in [0.25, 0.3) is 0 Å². The number of carbonyl (C=O) groups is 2. The van der Waals surface area contributed by atoms with Gasteiger partial charge in [-0.15, -0.1) is 0 Å². The van der Waals surface area contributed by atoms with E-state index in [2.05, 4.69) is 44.0 Å². The first-order valence-corrected chi connectivity index (χ1v) is 9.60. The van der Waals surface area contributed by atoms with E-state index in [1.165, 1.54) is 12.0 Å². The normalized spacial score (nSPS) is 17.6. The molecule has 2 aliphatic rings. The van der Waals surface area contributed by atoms with E-state index in [-0.39, 0.29) is 5.91 Å². The van der Waals surface area contributed by atoms with Crippen molar-refractivity contribution in [2.24, 2.45) is 0 Å². The molecule has 2 amide bonds. The van der Waals surface area contributed by atoms with Gasteiger partial charge in [0.05, 0.1) is 0 Å². The van der Waals surface area contributed by atoms with Gasteiger partial charge in [0.15, 0.2) is 0 Å². The highest BCUT2D eigenvalue weighted by molar-refractivity contribution is 5.93. The van der Waals surface area contributed by atoms with E-state index < -0.39 is 0 Å². The fourth-order valence-electron chi connectivity index (χ4n) is 3.66. The maximum atomic E-state index is 12.8.